The average Bonchev–Trinajstić information content (AvgIpc) is 3.35. The maximum absolute atomic E-state index is 13.5. The summed E-state index contributed by atoms with van der Waals surface area (Å²) in [4.78, 5) is 39.9. The van der Waals surface area contributed by atoms with Gasteiger partial charge in [0.2, 0.25) is 5.91 Å². The molecule has 0 rings (SSSR count). The van der Waals surface area contributed by atoms with Gasteiger partial charge < -0.3 is 28.5 Å². The summed E-state index contributed by atoms with van der Waals surface area (Å²) >= 11 is 0. The Morgan fingerprint density at radius 3 is 1.29 bits per heavy atom. The number of amides is 1. The third kappa shape index (κ3) is 53.8. The summed E-state index contributed by atoms with van der Waals surface area (Å²) in [6.07, 6.45) is 68.3. The van der Waals surface area contributed by atoms with E-state index in [1.807, 2.05) is 33.3 Å². The Balaban J connectivity index is 5.35. The van der Waals surface area contributed by atoms with Crippen molar-refractivity contribution in [3.63, 3.8) is 0 Å². The van der Waals surface area contributed by atoms with Crippen molar-refractivity contribution in [2.24, 2.45) is 0 Å². The molecule has 0 radical (unpaired) electrons. The fourth-order valence-electron chi connectivity index (χ4n) is 8.12. The van der Waals surface area contributed by atoms with E-state index in [1.165, 1.54) is 116 Å². The van der Waals surface area contributed by atoms with E-state index in [0.29, 0.717) is 23.9 Å². The van der Waals surface area contributed by atoms with Crippen LogP contribution in [0.2, 0.25) is 0 Å². The lowest BCUT2D eigenvalue weighted by Gasteiger charge is -2.30. The zero-order valence-corrected chi connectivity index (χ0v) is 49.0. The fraction of sp³-hybridized carbons (Fsp3) is 0.746. The van der Waals surface area contributed by atoms with Crippen molar-refractivity contribution >= 4 is 19.7 Å². The van der Waals surface area contributed by atoms with E-state index in [2.05, 4.69) is 99.0 Å². The second-order valence-corrected chi connectivity index (χ2v) is 22.6. The third-order valence-corrected chi connectivity index (χ3v) is 13.8. The first-order chi connectivity index (χ1) is 35.4. The van der Waals surface area contributed by atoms with Gasteiger partial charge in [-0.05, 0) is 109 Å². The summed E-state index contributed by atoms with van der Waals surface area (Å²) in [5, 5.41) is 3.01. The van der Waals surface area contributed by atoms with Crippen molar-refractivity contribution in [2.75, 3.05) is 40.9 Å². The topological polar surface area (TPSA) is 114 Å². The van der Waals surface area contributed by atoms with Gasteiger partial charge in [-0.25, -0.2) is 0 Å². The molecule has 9 nitrogen and oxygen atoms in total. The number of carbonyl (C=O) groups is 2. The van der Waals surface area contributed by atoms with Gasteiger partial charge in [0.25, 0.3) is 7.82 Å². The number of hydrogen-bond acceptors (Lipinski definition) is 7. The Morgan fingerprint density at radius 2 is 0.836 bits per heavy atom. The molecule has 0 bridgehead atoms. The first-order valence-electron chi connectivity index (χ1n) is 29.9. The number of likely N-dealkylation sites (N-methyl/N-ethyl adjacent to an activating group) is 1. The molecule has 0 spiro atoms. The summed E-state index contributed by atoms with van der Waals surface area (Å²) in [5.74, 6) is -0.589. The summed E-state index contributed by atoms with van der Waals surface area (Å²) in [7, 11) is 1.15. The molecule has 1 N–H and O–H groups in total. The molecule has 0 aromatic carbocycles. The van der Waals surface area contributed by atoms with Gasteiger partial charge in [0.1, 0.15) is 19.3 Å². The highest BCUT2D eigenvalue weighted by molar-refractivity contribution is 7.45. The van der Waals surface area contributed by atoms with Crippen LogP contribution < -0.4 is 10.2 Å². The smallest absolute Gasteiger partial charge is 0.306 e. The van der Waals surface area contributed by atoms with Gasteiger partial charge in [0.05, 0.1) is 33.8 Å². The van der Waals surface area contributed by atoms with Crippen molar-refractivity contribution in [1.82, 2.24) is 5.32 Å². The molecule has 0 heterocycles. The predicted molar refractivity (Wildman–Crippen MR) is 311 cm³/mol. The van der Waals surface area contributed by atoms with Crippen LogP contribution in [0, 0.1) is 0 Å². The molecule has 73 heavy (non-hydrogen) atoms. The summed E-state index contributed by atoms with van der Waals surface area (Å²) < 4.78 is 30.2. The number of quaternary nitrogens is 1. The number of carbonyl (C=O) groups excluding carboxylic acids is 2. The number of unbranched alkanes of at least 4 members (excludes halogenated alkanes) is 25. The molecule has 3 atom stereocenters. The first-order valence-corrected chi connectivity index (χ1v) is 31.4. The maximum Gasteiger partial charge on any atom is 0.306 e. The molecular formula is C63H113N2O7P. The number of allylic oxidation sites excluding steroid dienone is 13. The number of ether oxygens (including phenoxy) is 1. The molecule has 1 amide bonds. The molecule has 0 saturated heterocycles. The molecule has 0 aromatic heterocycles. The van der Waals surface area contributed by atoms with Gasteiger partial charge in [-0.2, -0.15) is 0 Å². The van der Waals surface area contributed by atoms with Gasteiger partial charge in [-0.3, -0.25) is 14.2 Å². The highest BCUT2D eigenvalue weighted by Crippen LogP contribution is 2.38. The van der Waals surface area contributed by atoms with Crippen LogP contribution in [0.5, 0.6) is 0 Å². The summed E-state index contributed by atoms with van der Waals surface area (Å²) in [6, 6.07) is -0.909. The highest BCUT2D eigenvalue weighted by atomic mass is 31.2. The number of nitrogens with zero attached hydrogens (tertiary/aromatic N) is 1. The lowest BCUT2D eigenvalue weighted by molar-refractivity contribution is -0.870. The van der Waals surface area contributed by atoms with Crippen LogP contribution in [0.4, 0.5) is 0 Å². The van der Waals surface area contributed by atoms with E-state index in [9.17, 15) is 19.0 Å². The molecule has 0 aliphatic rings. The molecule has 0 aliphatic heterocycles. The van der Waals surface area contributed by atoms with E-state index in [1.54, 1.807) is 0 Å². The van der Waals surface area contributed by atoms with Crippen molar-refractivity contribution in [3.05, 3.63) is 85.1 Å². The molecule has 10 heteroatoms. The predicted octanol–water partition coefficient (Wildman–Crippen LogP) is 17.6. The third-order valence-electron chi connectivity index (χ3n) is 12.8. The van der Waals surface area contributed by atoms with Crippen LogP contribution in [0.25, 0.3) is 0 Å². The molecule has 0 fully saturated rings. The van der Waals surface area contributed by atoms with Crippen molar-refractivity contribution in [3.8, 4) is 0 Å². The van der Waals surface area contributed by atoms with Crippen molar-refractivity contribution in [1.29, 1.82) is 0 Å². The highest BCUT2D eigenvalue weighted by Gasteiger charge is 2.27. The van der Waals surface area contributed by atoms with Crippen LogP contribution >= 0.6 is 7.82 Å². The average molecular weight is 1040 g/mol. The quantitative estimate of drug-likeness (QED) is 0.0212. The number of phosphoric ester groups is 1. The van der Waals surface area contributed by atoms with Crippen molar-refractivity contribution < 1.29 is 37.3 Å². The van der Waals surface area contributed by atoms with E-state index in [-0.39, 0.29) is 24.9 Å². The van der Waals surface area contributed by atoms with Crippen LogP contribution in [-0.4, -0.2) is 69.4 Å². The van der Waals surface area contributed by atoms with Crippen LogP contribution in [0.1, 0.15) is 252 Å². The van der Waals surface area contributed by atoms with Gasteiger partial charge >= 0.3 is 5.97 Å². The number of nitrogens with one attached hydrogen (secondary N) is 1. The number of esters is 1. The molecule has 422 valence electrons. The molecule has 3 unspecified atom stereocenters. The van der Waals surface area contributed by atoms with E-state index in [0.717, 1.165) is 96.3 Å². The lowest BCUT2D eigenvalue weighted by Crippen LogP contribution is -2.47. The normalized spacial score (nSPS) is 14.3. The fourth-order valence-corrected chi connectivity index (χ4v) is 8.85. The van der Waals surface area contributed by atoms with Crippen LogP contribution in [0.3, 0.4) is 0 Å². The number of rotatable bonds is 53. The Labute approximate surface area is 450 Å². The Kier molecular flexibility index (Phi) is 50.6. The first kappa shape index (κ1) is 70.2. The zero-order valence-electron chi connectivity index (χ0n) is 48.1. The second-order valence-electron chi connectivity index (χ2n) is 21.1. The molecular weight excluding hydrogens is 928 g/mol. The van der Waals surface area contributed by atoms with Gasteiger partial charge in [0, 0.05) is 12.8 Å². The van der Waals surface area contributed by atoms with Crippen LogP contribution in [-0.2, 0) is 27.9 Å². The van der Waals surface area contributed by atoms with E-state index < -0.39 is 26.6 Å². The zero-order chi connectivity index (χ0) is 53.6. The minimum absolute atomic E-state index is 0.0328. The van der Waals surface area contributed by atoms with E-state index in [4.69, 9.17) is 13.8 Å². The Bertz CT molecular complexity index is 1530. The van der Waals surface area contributed by atoms with Gasteiger partial charge in [-0.1, -0.05) is 215 Å². The van der Waals surface area contributed by atoms with Gasteiger partial charge in [-0.15, -0.1) is 0 Å². The number of phosphoric acid groups is 1. The second kappa shape index (κ2) is 52.6. The largest absolute Gasteiger partial charge is 0.756 e. The maximum atomic E-state index is 13.5. The van der Waals surface area contributed by atoms with Gasteiger partial charge in [0.15, 0.2) is 0 Å². The summed E-state index contributed by atoms with van der Waals surface area (Å²) in [5.41, 5.74) is 0. The Morgan fingerprint density at radius 1 is 0.479 bits per heavy atom. The van der Waals surface area contributed by atoms with E-state index >= 15 is 0 Å². The monoisotopic (exact) mass is 1040 g/mol. The molecule has 0 aliphatic carbocycles. The van der Waals surface area contributed by atoms with Crippen LogP contribution in [0.15, 0.2) is 85.1 Å². The standard InChI is InChI=1S/C63H113N2O7P/c1-7-10-13-16-19-22-25-27-29-31-32-34-36-38-41-44-47-50-53-56-63(67)72-61(54-51-48-45-42-39-24-21-18-15-12-9-3)60(59-71-73(68,69)70-58-57-65(4,5)6)64-62(66)55-52-49-46-43-40-37-35-33-30-28-26-23-20-17-14-11-8-2/h19-20,22-23,27-30,32,34,38,41,51,54,60-61H,7-18,21,24-26,31,33,35-37,39-40,42-50,52-53,55-59H2,1-6H3,(H-,64,66,68,69)/b22-19-,23-20-,29-27-,30-28-,34-32-,41-38-,54-51+. The molecule has 0 saturated carbocycles. The number of hydrogen-bond donors (Lipinski definition) is 1. The Hall–Kier alpha value is -2.81. The minimum atomic E-state index is -4.71. The molecule has 0 aromatic rings. The lowest BCUT2D eigenvalue weighted by atomic mass is 10.1. The minimum Gasteiger partial charge on any atom is -0.756 e. The SMILES string of the molecule is CCCCC/C=C\C/C=C\C/C=C\C/C=C\CCCCCC(=O)OC(/C=C/CCCCCCCCCCC)C(COP(=O)([O-])OCC[N+](C)(C)C)NC(=O)CCCCCCCCC/C=C\C/C=C\CCCCC. The summed E-state index contributed by atoms with van der Waals surface area (Å²) in [6.45, 7) is 6.75. The van der Waals surface area contributed by atoms with Crippen molar-refractivity contribution in [2.45, 2.75) is 264 Å².